The van der Waals surface area contributed by atoms with Crippen LogP contribution in [0.3, 0.4) is 0 Å². The molecule has 0 radical (unpaired) electrons. The number of amides is 2. The van der Waals surface area contributed by atoms with E-state index >= 15 is 0 Å². The van der Waals surface area contributed by atoms with Crippen LogP contribution in [0.1, 0.15) is 16.7 Å². The SMILES string of the molecule is O=C1/C(=C/c2cn(-c3ccccc3)nc2-c2ccccc2)C=C(c2ccccc2)N1c1ccc(-c2nnc3n2NC2(S3)C(=O)Nc3ccccc32)cc1. The van der Waals surface area contributed by atoms with Gasteiger partial charge >= 0.3 is 0 Å². The summed E-state index contributed by atoms with van der Waals surface area (Å²) in [5.74, 6) is 0.247. The minimum Gasteiger partial charge on any atom is -0.323 e. The second kappa shape index (κ2) is 12.1. The average Bonchev–Trinajstić information content (AvgIpc) is 4.02. The van der Waals surface area contributed by atoms with E-state index in [-0.39, 0.29) is 11.8 Å². The maximum atomic E-state index is 14.5. The first-order valence-electron chi connectivity index (χ1n) is 17.0. The number of hydrogen-bond acceptors (Lipinski definition) is 7. The second-order valence-electron chi connectivity index (χ2n) is 12.8. The Morgan fingerprint density at radius 2 is 1.36 bits per heavy atom. The third-order valence-electron chi connectivity index (χ3n) is 9.58. The zero-order chi connectivity index (χ0) is 35.5. The number of benzene rings is 5. The van der Waals surface area contributed by atoms with Crippen LogP contribution in [-0.4, -0.2) is 36.5 Å². The predicted octanol–water partition coefficient (Wildman–Crippen LogP) is 7.72. The van der Waals surface area contributed by atoms with Gasteiger partial charge in [-0.05, 0) is 71.9 Å². The fourth-order valence-electron chi connectivity index (χ4n) is 7.03. The number of rotatable bonds is 6. The van der Waals surface area contributed by atoms with Crippen molar-refractivity contribution in [2.45, 2.75) is 10.0 Å². The molecule has 3 aliphatic heterocycles. The number of nitrogens with zero attached hydrogens (tertiary/aromatic N) is 6. The lowest BCUT2D eigenvalue weighted by Gasteiger charge is -2.22. The number of carbonyl (C=O) groups is 2. The Bertz CT molecular complexity index is 2630. The van der Waals surface area contributed by atoms with Gasteiger partial charge in [-0.1, -0.05) is 97.1 Å². The summed E-state index contributed by atoms with van der Waals surface area (Å²) in [6.45, 7) is 0. The van der Waals surface area contributed by atoms with Gasteiger partial charge in [0.1, 0.15) is 0 Å². The van der Waals surface area contributed by atoms with Gasteiger partial charge in [0.2, 0.25) is 10.0 Å². The normalized spacial score (nSPS) is 17.9. The van der Waals surface area contributed by atoms with E-state index in [0.29, 0.717) is 22.2 Å². The van der Waals surface area contributed by atoms with Crippen molar-refractivity contribution in [2.75, 3.05) is 15.6 Å². The number of hydrogen-bond donors (Lipinski definition) is 2. The van der Waals surface area contributed by atoms with E-state index in [1.165, 1.54) is 11.8 Å². The van der Waals surface area contributed by atoms with Crippen LogP contribution in [0, 0.1) is 0 Å². The molecule has 5 heterocycles. The largest absolute Gasteiger partial charge is 0.323 e. The fraction of sp³-hybridized carbons (Fsp3) is 0.0238. The zero-order valence-electron chi connectivity index (χ0n) is 27.9. The topological polar surface area (TPSA) is 110 Å². The Labute approximate surface area is 308 Å². The van der Waals surface area contributed by atoms with Crippen LogP contribution < -0.4 is 15.6 Å². The van der Waals surface area contributed by atoms with Crippen LogP contribution >= 0.6 is 11.8 Å². The first-order chi connectivity index (χ1) is 26.1. The van der Waals surface area contributed by atoms with Crippen LogP contribution in [0.2, 0.25) is 0 Å². The molecule has 0 fully saturated rings. The van der Waals surface area contributed by atoms with Crippen molar-refractivity contribution in [1.82, 2.24) is 24.7 Å². The van der Waals surface area contributed by atoms with E-state index in [1.54, 1.807) is 9.58 Å². The molecular formula is C42H28N8O2S. The monoisotopic (exact) mass is 708 g/mol. The molecule has 2 aromatic heterocycles. The van der Waals surface area contributed by atoms with Gasteiger partial charge in [0, 0.05) is 45.4 Å². The van der Waals surface area contributed by atoms with Gasteiger partial charge in [-0.15, -0.1) is 10.2 Å². The Morgan fingerprint density at radius 3 is 2.11 bits per heavy atom. The highest BCUT2D eigenvalue weighted by molar-refractivity contribution is 8.01. The van der Waals surface area contributed by atoms with Gasteiger partial charge in [0.05, 0.1) is 17.1 Å². The smallest absolute Gasteiger partial charge is 0.267 e. The van der Waals surface area contributed by atoms with E-state index in [1.807, 2.05) is 163 Å². The minimum absolute atomic E-state index is 0.155. The molecule has 10 nitrogen and oxygen atoms in total. The van der Waals surface area contributed by atoms with E-state index < -0.39 is 4.87 Å². The number of aromatic nitrogens is 5. The van der Waals surface area contributed by atoms with Crippen LogP contribution in [0.4, 0.5) is 11.4 Å². The molecule has 53 heavy (non-hydrogen) atoms. The van der Waals surface area contributed by atoms with E-state index in [2.05, 4.69) is 20.9 Å². The van der Waals surface area contributed by atoms with E-state index in [0.717, 1.165) is 50.6 Å². The molecule has 7 aromatic rings. The summed E-state index contributed by atoms with van der Waals surface area (Å²) in [5, 5.41) is 17.4. The highest BCUT2D eigenvalue weighted by Gasteiger charge is 2.53. The average molecular weight is 709 g/mol. The van der Waals surface area contributed by atoms with Gasteiger partial charge in [0.25, 0.3) is 11.8 Å². The first-order valence-corrected chi connectivity index (χ1v) is 17.9. The summed E-state index contributed by atoms with van der Waals surface area (Å²) in [7, 11) is 0. The van der Waals surface area contributed by atoms with Crippen molar-refractivity contribution in [3.8, 4) is 28.3 Å². The van der Waals surface area contributed by atoms with E-state index in [9.17, 15) is 9.59 Å². The predicted molar refractivity (Wildman–Crippen MR) is 206 cm³/mol. The zero-order valence-corrected chi connectivity index (χ0v) is 28.7. The van der Waals surface area contributed by atoms with Crippen molar-refractivity contribution in [3.63, 3.8) is 0 Å². The lowest BCUT2D eigenvalue weighted by molar-refractivity contribution is -0.117. The molecule has 10 rings (SSSR count). The number of carbonyl (C=O) groups excluding carboxylic acids is 2. The maximum absolute atomic E-state index is 14.5. The van der Waals surface area contributed by atoms with Gasteiger partial charge in [-0.25, -0.2) is 9.36 Å². The molecule has 1 atom stereocenters. The van der Waals surface area contributed by atoms with Crippen molar-refractivity contribution in [2.24, 2.45) is 0 Å². The van der Waals surface area contributed by atoms with Gasteiger partial charge in [0.15, 0.2) is 5.82 Å². The summed E-state index contributed by atoms with van der Waals surface area (Å²) >= 11 is 1.33. The number of thioether (sulfide) groups is 1. The summed E-state index contributed by atoms with van der Waals surface area (Å²) in [4.78, 5) is 28.4. The number of para-hydroxylation sites is 2. The quantitative estimate of drug-likeness (QED) is 0.170. The van der Waals surface area contributed by atoms with Crippen molar-refractivity contribution >= 4 is 46.7 Å². The third kappa shape index (κ3) is 5.01. The number of anilines is 2. The van der Waals surface area contributed by atoms with Crippen molar-refractivity contribution < 1.29 is 9.59 Å². The van der Waals surface area contributed by atoms with Gasteiger partial charge in [-0.2, -0.15) is 5.10 Å². The molecule has 254 valence electrons. The van der Waals surface area contributed by atoms with Crippen molar-refractivity contribution in [1.29, 1.82) is 0 Å². The Morgan fingerprint density at radius 1 is 0.679 bits per heavy atom. The highest BCUT2D eigenvalue weighted by Crippen LogP contribution is 2.51. The van der Waals surface area contributed by atoms with Gasteiger partial charge < -0.3 is 5.32 Å². The standard InChI is InChI=1S/C42H28N8O2S/c51-39-30(24-31-26-48(32-16-8-3-9-17-32)46-37(31)28-14-6-2-7-15-28)25-36(27-12-4-1-5-13-27)49(39)33-22-20-29(21-23-33)38-44-45-41-50(38)47-42(53-41)34-18-10-11-19-35(34)43-40(42)52/h1-26,47H,(H,43,52)/b30-24+. The summed E-state index contributed by atoms with van der Waals surface area (Å²) in [5.41, 5.74) is 12.2. The van der Waals surface area contributed by atoms with Crippen LogP contribution in [0.15, 0.2) is 163 Å². The molecule has 1 unspecified atom stereocenters. The van der Waals surface area contributed by atoms with Gasteiger partial charge in [-0.3, -0.25) is 19.9 Å². The third-order valence-corrected chi connectivity index (χ3v) is 10.8. The molecule has 0 saturated carbocycles. The Hall–Kier alpha value is -6.98. The lowest BCUT2D eigenvalue weighted by Crippen LogP contribution is -2.39. The summed E-state index contributed by atoms with van der Waals surface area (Å²) in [6.07, 6.45) is 5.83. The first kappa shape index (κ1) is 30.8. The summed E-state index contributed by atoms with van der Waals surface area (Å²) < 4.78 is 3.61. The Balaban J connectivity index is 1.01. The van der Waals surface area contributed by atoms with Crippen LogP contribution in [-0.2, 0) is 14.5 Å². The maximum Gasteiger partial charge on any atom is 0.267 e. The lowest BCUT2D eigenvalue weighted by atomic mass is 10.1. The molecule has 2 amide bonds. The molecule has 0 aliphatic carbocycles. The minimum atomic E-state index is -1.03. The molecule has 3 aliphatic rings. The Kier molecular flexibility index (Phi) is 7.02. The summed E-state index contributed by atoms with van der Waals surface area (Å²) in [6, 6.07) is 45.1. The van der Waals surface area contributed by atoms with Crippen molar-refractivity contribution in [3.05, 3.63) is 174 Å². The molecule has 2 N–H and O–H groups in total. The number of nitrogens with one attached hydrogen (secondary N) is 2. The fourth-order valence-corrected chi connectivity index (χ4v) is 8.18. The second-order valence-corrected chi connectivity index (χ2v) is 14.0. The van der Waals surface area contributed by atoms with Crippen LogP contribution in [0.25, 0.3) is 40.1 Å². The number of fused-ring (bicyclic) bond motifs is 3. The van der Waals surface area contributed by atoms with E-state index in [4.69, 9.17) is 5.10 Å². The van der Waals surface area contributed by atoms with Crippen LogP contribution in [0.5, 0.6) is 0 Å². The highest BCUT2D eigenvalue weighted by atomic mass is 32.2. The molecular weight excluding hydrogens is 681 g/mol. The molecule has 1 spiro atoms. The molecule has 0 saturated heterocycles. The molecule has 5 aromatic carbocycles. The molecule has 0 bridgehead atoms. The molecule has 11 heteroatoms.